The van der Waals surface area contributed by atoms with Gasteiger partial charge in [0.2, 0.25) is 0 Å². The second-order valence-corrected chi connectivity index (χ2v) is 7.04. The number of aromatic amines is 1. The zero-order chi connectivity index (χ0) is 19.4. The van der Waals surface area contributed by atoms with E-state index in [9.17, 15) is 4.79 Å². The smallest absolute Gasteiger partial charge is 0.258 e. The number of amides is 1. The molecule has 0 atom stereocenters. The van der Waals surface area contributed by atoms with Crippen LogP contribution in [0.15, 0.2) is 42.5 Å². The van der Waals surface area contributed by atoms with Crippen molar-refractivity contribution in [2.75, 3.05) is 6.61 Å². The summed E-state index contributed by atoms with van der Waals surface area (Å²) in [6, 6.07) is 11.8. The lowest BCUT2D eigenvalue weighted by Crippen LogP contribution is -2.29. The Kier molecular flexibility index (Phi) is 6.38. The van der Waals surface area contributed by atoms with Gasteiger partial charge in [0, 0.05) is 5.02 Å². The molecule has 0 spiro atoms. The molecule has 3 rings (SSSR count). The van der Waals surface area contributed by atoms with Crippen LogP contribution in [-0.4, -0.2) is 27.3 Å². The topological polar surface area (TPSA) is 71.9 Å². The highest BCUT2D eigenvalue weighted by Crippen LogP contribution is 2.25. The number of carbonyl (C=O) groups is 1. The molecule has 0 fully saturated rings. The molecule has 0 unspecified atom stereocenters. The third kappa shape index (κ3) is 5.01. The van der Waals surface area contributed by atoms with E-state index in [0.717, 1.165) is 0 Å². The lowest BCUT2D eigenvalue weighted by atomic mass is 10.3. The summed E-state index contributed by atoms with van der Waals surface area (Å²) in [5.41, 5.74) is 0.685. The minimum Gasteiger partial charge on any atom is -0.484 e. The van der Waals surface area contributed by atoms with Gasteiger partial charge in [-0.1, -0.05) is 34.8 Å². The Hall–Kier alpha value is -2.06. The Morgan fingerprint density at radius 1 is 1.15 bits per heavy atom. The molecular formula is C17H13Cl3N4O2S. The van der Waals surface area contributed by atoms with E-state index in [1.165, 1.54) is 0 Å². The van der Waals surface area contributed by atoms with Gasteiger partial charge in [0.25, 0.3) is 5.91 Å². The van der Waals surface area contributed by atoms with Crippen LogP contribution in [0, 0.1) is 4.77 Å². The monoisotopic (exact) mass is 442 g/mol. The number of aromatic nitrogens is 3. The van der Waals surface area contributed by atoms with Gasteiger partial charge in [-0.2, -0.15) is 5.10 Å². The molecule has 0 bridgehead atoms. The van der Waals surface area contributed by atoms with Crippen molar-refractivity contribution in [1.82, 2.24) is 20.1 Å². The van der Waals surface area contributed by atoms with E-state index in [4.69, 9.17) is 51.8 Å². The molecule has 0 radical (unpaired) electrons. The second kappa shape index (κ2) is 8.75. The first-order valence-electron chi connectivity index (χ1n) is 7.71. The highest BCUT2D eigenvalue weighted by Gasteiger charge is 2.12. The summed E-state index contributed by atoms with van der Waals surface area (Å²) in [6.45, 7) is 0.00968. The number of hydrogen-bond donors (Lipinski definition) is 2. The van der Waals surface area contributed by atoms with Crippen LogP contribution >= 0.6 is 47.0 Å². The molecule has 0 saturated carbocycles. The molecule has 27 heavy (non-hydrogen) atoms. The molecular weight excluding hydrogens is 431 g/mol. The number of carbonyl (C=O) groups excluding carboxylic acids is 1. The Morgan fingerprint density at radius 2 is 1.89 bits per heavy atom. The molecule has 3 aromatic rings. The lowest BCUT2D eigenvalue weighted by molar-refractivity contribution is -0.123. The first-order valence-corrected chi connectivity index (χ1v) is 9.25. The summed E-state index contributed by atoms with van der Waals surface area (Å²) in [7, 11) is 0. The molecule has 0 saturated heterocycles. The van der Waals surface area contributed by atoms with Gasteiger partial charge in [-0.25, -0.2) is 0 Å². The van der Waals surface area contributed by atoms with E-state index in [-0.39, 0.29) is 19.1 Å². The maximum absolute atomic E-state index is 12.0. The van der Waals surface area contributed by atoms with E-state index in [2.05, 4.69) is 15.5 Å². The highest BCUT2D eigenvalue weighted by molar-refractivity contribution is 7.71. The molecule has 10 heteroatoms. The minimum atomic E-state index is -0.306. The molecule has 2 aromatic carbocycles. The fourth-order valence-electron chi connectivity index (χ4n) is 2.25. The number of H-pyrrole nitrogens is 1. The van der Waals surface area contributed by atoms with Crippen molar-refractivity contribution in [3.8, 4) is 11.4 Å². The predicted octanol–water partition coefficient (Wildman–Crippen LogP) is 4.59. The zero-order valence-corrected chi connectivity index (χ0v) is 16.8. The number of halogens is 3. The Labute approximate surface area is 175 Å². The van der Waals surface area contributed by atoms with Crippen molar-refractivity contribution >= 4 is 52.9 Å². The molecule has 6 nitrogen and oxygen atoms in total. The van der Waals surface area contributed by atoms with Gasteiger partial charge >= 0.3 is 0 Å². The summed E-state index contributed by atoms with van der Waals surface area (Å²) in [6.07, 6.45) is 0. The molecule has 1 heterocycles. The van der Waals surface area contributed by atoms with Crippen LogP contribution < -0.4 is 10.1 Å². The molecule has 1 aromatic heterocycles. The van der Waals surface area contributed by atoms with Crippen LogP contribution in [0.25, 0.3) is 5.69 Å². The lowest BCUT2D eigenvalue weighted by Gasteiger charge is -2.10. The highest BCUT2D eigenvalue weighted by atomic mass is 35.5. The molecule has 140 valence electrons. The normalized spacial score (nSPS) is 10.6. The number of benzene rings is 2. The fourth-order valence-corrected chi connectivity index (χ4v) is 2.92. The van der Waals surface area contributed by atoms with Crippen molar-refractivity contribution in [2.24, 2.45) is 0 Å². The van der Waals surface area contributed by atoms with Gasteiger partial charge < -0.3 is 10.1 Å². The molecule has 0 aliphatic heterocycles. The van der Waals surface area contributed by atoms with Crippen LogP contribution in [0.2, 0.25) is 15.1 Å². The van der Waals surface area contributed by atoms with Gasteiger partial charge in [0.15, 0.2) is 17.2 Å². The predicted molar refractivity (Wildman–Crippen MR) is 108 cm³/mol. The third-order valence-corrected chi connectivity index (χ3v) is 4.80. The maximum Gasteiger partial charge on any atom is 0.258 e. The molecule has 2 N–H and O–H groups in total. The average Bonchev–Trinajstić information content (AvgIpc) is 3.02. The SMILES string of the molecule is O=C(COc1ccc(Cl)cc1)NCc1n[nH]c(=S)n1-c1ccc(Cl)c(Cl)c1. The first-order chi connectivity index (χ1) is 12.9. The van der Waals surface area contributed by atoms with Crippen LogP contribution in [0.4, 0.5) is 0 Å². The maximum atomic E-state index is 12.0. The summed E-state index contributed by atoms with van der Waals surface area (Å²) in [5, 5.41) is 11.0. The van der Waals surface area contributed by atoms with E-state index >= 15 is 0 Å². The van der Waals surface area contributed by atoms with E-state index < -0.39 is 0 Å². The van der Waals surface area contributed by atoms with Gasteiger partial charge in [0.1, 0.15) is 5.75 Å². The molecule has 0 aliphatic rings. The largest absolute Gasteiger partial charge is 0.484 e. The van der Waals surface area contributed by atoms with Crippen molar-refractivity contribution in [2.45, 2.75) is 6.54 Å². The molecule has 1 amide bonds. The first kappa shape index (κ1) is 19.7. The van der Waals surface area contributed by atoms with Crippen LogP contribution in [0.1, 0.15) is 5.82 Å². The number of hydrogen-bond acceptors (Lipinski definition) is 4. The number of ether oxygens (including phenoxy) is 1. The van der Waals surface area contributed by atoms with Gasteiger partial charge in [0.05, 0.1) is 22.3 Å². The van der Waals surface area contributed by atoms with Crippen molar-refractivity contribution in [3.05, 3.63) is 68.1 Å². The zero-order valence-electron chi connectivity index (χ0n) is 13.7. The number of nitrogens with one attached hydrogen (secondary N) is 2. The summed E-state index contributed by atoms with van der Waals surface area (Å²) >= 11 is 23.1. The van der Waals surface area contributed by atoms with Gasteiger partial charge in [-0.15, -0.1) is 0 Å². The second-order valence-electron chi connectivity index (χ2n) is 5.40. The average molecular weight is 444 g/mol. The summed E-state index contributed by atoms with van der Waals surface area (Å²) in [4.78, 5) is 12.0. The van der Waals surface area contributed by atoms with E-state index in [0.29, 0.717) is 37.1 Å². The van der Waals surface area contributed by atoms with E-state index in [1.807, 2.05) is 0 Å². The Bertz CT molecular complexity index is 1020. The van der Waals surface area contributed by atoms with E-state index in [1.54, 1.807) is 47.0 Å². The van der Waals surface area contributed by atoms with Crippen molar-refractivity contribution < 1.29 is 9.53 Å². The third-order valence-electron chi connectivity index (χ3n) is 3.53. The standard InChI is InChI=1S/C17H13Cl3N4O2S/c18-10-1-4-12(5-2-10)26-9-16(25)21-8-15-22-23-17(27)24(15)11-3-6-13(19)14(20)7-11/h1-7H,8-9H2,(H,21,25)(H,23,27). The van der Waals surface area contributed by atoms with Crippen LogP contribution in [-0.2, 0) is 11.3 Å². The fraction of sp³-hybridized carbons (Fsp3) is 0.118. The van der Waals surface area contributed by atoms with Crippen LogP contribution in [0.5, 0.6) is 5.75 Å². The quantitative estimate of drug-likeness (QED) is 0.547. The minimum absolute atomic E-state index is 0.139. The Balaban J connectivity index is 1.64. The van der Waals surface area contributed by atoms with Gasteiger partial charge in [-0.05, 0) is 54.7 Å². The van der Waals surface area contributed by atoms with Crippen molar-refractivity contribution in [3.63, 3.8) is 0 Å². The van der Waals surface area contributed by atoms with Gasteiger partial charge in [-0.3, -0.25) is 14.5 Å². The number of nitrogens with zero attached hydrogens (tertiary/aromatic N) is 2. The number of rotatable bonds is 6. The summed E-state index contributed by atoms with van der Waals surface area (Å²) < 4.78 is 7.44. The Morgan fingerprint density at radius 3 is 2.59 bits per heavy atom. The summed E-state index contributed by atoms with van der Waals surface area (Å²) in [5.74, 6) is 0.755. The van der Waals surface area contributed by atoms with Crippen molar-refractivity contribution in [1.29, 1.82) is 0 Å². The van der Waals surface area contributed by atoms with Crippen LogP contribution in [0.3, 0.4) is 0 Å². The molecule has 0 aliphatic carbocycles.